The number of nitrogens with zero attached hydrogens (tertiary/aromatic N) is 1. The molecular formula is C16H20BrNO2. The maximum absolute atomic E-state index is 10.6. The Kier molecular flexibility index (Phi) is 5.24. The third kappa shape index (κ3) is 3.85. The van der Waals surface area contributed by atoms with Crippen molar-refractivity contribution in [1.82, 2.24) is 0 Å². The van der Waals surface area contributed by atoms with E-state index in [0.717, 1.165) is 22.7 Å². The lowest BCUT2D eigenvalue weighted by Gasteiger charge is -2.29. The Morgan fingerprint density at radius 3 is 2.90 bits per heavy atom. The van der Waals surface area contributed by atoms with E-state index in [0.29, 0.717) is 6.04 Å². The van der Waals surface area contributed by atoms with Crippen LogP contribution in [0.2, 0.25) is 0 Å². The summed E-state index contributed by atoms with van der Waals surface area (Å²) in [4.78, 5) is 13.0. The minimum atomic E-state index is -0.929. The van der Waals surface area contributed by atoms with E-state index in [2.05, 4.69) is 39.9 Å². The second kappa shape index (κ2) is 6.93. The molecule has 1 N–H and O–H groups in total. The van der Waals surface area contributed by atoms with Crippen LogP contribution in [0.3, 0.4) is 0 Å². The first kappa shape index (κ1) is 15.1. The molecule has 0 amide bonds. The molecule has 0 spiro atoms. The first-order chi connectivity index (χ1) is 9.58. The average molecular weight is 338 g/mol. The summed E-state index contributed by atoms with van der Waals surface area (Å²) in [5, 5.41) is 8.68. The quantitative estimate of drug-likeness (QED) is 0.835. The summed E-state index contributed by atoms with van der Waals surface area (Å²) in [6.45, 7) is 3.37. The predicted molar refractivity (Wildman–Crippen MR) is 86.1 cm³/mol. The average Bonchev–Trinajstić information content (AvgIpc) is 2.62. The van der Waals surface area contributed by atoms with Gasteiger partial charge in [-0.3, -0.25) is 0 Å². The zero-order valence-electron chi connectivity index (χ0n) is 11.7. The highest BCUT2D eigenvalue weighted by molar-refractivity contribution is 9.10. The van der Waals surface area contributed by atoms with Crippen molar-refractivity contribution in [1.29, 1.82) is 0 Å². The second-order valence-corrected chi connectivity index (χ2v) is 6.12. The van der Waals surface area contributed by atoms with Crippen LogP contribution in [0.5, 0.6) is 0 Å². The predicted octanol–water partition coefficient (Wildman–Crippen LogP) is 4.32. The van der Waals surface area contributed by atoms with Gasteiger partial charge in [-0.15, -0.1) is 0 Å². The minimum Gasteiger partial charge on any atom is -0.478 e. The van der Waals surface area contributed by atoms with E-state index in [1.807, 2.05) is 6.07 Å². The van der Waals surface area contributed by atoms with Crippen LogP contribution in [0.25, 0.3) is 6.08 Å². The van der Waals surface area contributed by atoms with E-state index in [-0.39, 0.29) is 0 Å². The van der Waals surface area contributed by atoms with Gasteiger partial charge in [0, 0.05) is 28.8 Å². The number of benzene rings is 1. The standard InChI is InChI=1S/C16H20BrNO2/c1-12-5-3-2-4-10-18(12)14-8-6-13(15(17)11-14)7-9-16(19)20/h6-9,11-12H,2-5,10H2,1H3,(H,19,20)/b9-7+. The molecule has 0 bridgehead atoms. The van der Waals surface area contributed by atoms with E-state index in [1.54, 1.807) is 6.08 Å². The Bertz CT molecular complexity index is 513. The normalized spacial score (nSPS) is 20.1. The summed E-state index contributed by atoms with van der Waals surface area (Å²) < 4.78 is 0.934. The molecule has 20 heavy (non-hydrogen) atoms. The van der Waals surface area contributed by atoms with Gasteiger partial charge in [0.15, 0.2) is 0 Å². The lowest BCUT2D eigenvalue weighted by Crippen LogP contribution is -2.32. The van der Waals surface area contributed by atoms with Crippen molar-refractivity contribution in [2.45, 2.75) is 38.6 Å². The van der Waals surface area contributed by atoms with E-state index in [1.165, 1.54) is 31.4 Å². The number of carboxylic acids is 1. The van der Waals surface area contributed by atoms with Crippen LogP contribution in [0, 0.1) is 0 Å². The largest absolute Gasteiger partial charge is 0.478 e. The summed E-state index contributed by atoms with van der Waals surface area (Å²) in [7, 11) is 0. The Labute approximate surface area is 128 Å². The van der Waals surface area contributed by atoms with Crippen molar-refractivity contribution in [2.24, 2.45) is 0 Å². The number of hydrogen-bond donors (Lipinski definition) is 1. The van der Waals surface area contributed by atoms with E-state index in [9.17, 15) is 4.79 Å². The highest BCUT2D eigenvalue weighted by Crippen LogP contribution is 2.29. The molecule has 0 aromatic heterocycles. The number of aliphatic carboxylic acids is 1. The molecule has 1 unspecified atom stereocenters. The number of rotatable bonds is 3. The summed E-state index contributed by atoms with van der Waals surface area (Å²) in [5.74, 6) is -0.929. The van der Waals surface area contributed by atoms with Gasteiger partial charge < -0.3 is 10.0 Å². The van der Waals surface area contributed by atoms with Gasteiger partial charge >= 0.3 is 5.97 Å². The van der Waals surface area contributed by atoms with Gasteiger partial charge in [0.25, 0.3) is 0 Å². The third-order valence-corrected chi connectivity index (χ3v) is 4.46. The first-order valence-corrected chi connectivity index (χ1v) is 7.84. The van der Waals surface area contributed by atoms with Crippen molar-refractivity contribution >= 4 is 33.7 Å². The van der Waals surface area contributed by atoms with Crippen LogP contribution in [-0.2, 0) is 4.79 Å². The molecular weight excluding hydrogens is 318 g/mol. The second-order valence-electron chi connectivity index (χ2n) is 5.27. The highest BCUT2D eigenvalue weighted by Gasteiger charge is 2.17. The van der Waals surface area contributed by atoms with Gasteiger partial charge in [0.2, 0.25) is 0 Å². The molecule has 1 fully saturated rings. The molecule has 1 aliphatic rings. The fourth-order valence-electron chi connectivity index (χ4n) is 2.65. The van der Waals surface area contributed by atoms with Crippen molar-refractivity contribution in [3.05, 3.63) is 34.3 Å². The van der Waals surface area contributed by atoms with Crippen LogP contribution >= 0.6 is 15.9 Å². The Balaban J connectivity index is 2.21. The number of carboxylic acid groups (broad SMARTS) is 1. The molecule has 3 nitrogen and oxygen atoms in total. The summed E-state index contributed by atoms with van der Waals surface area (Å²) in [6, 6.07) is 6.69. The number of hydrogen-bond acceptors (Lipinski definition) is 2. The van der Waals surface area contributed by atoms with Crippen molar-refractivity contribution < 1.29 is 9.90 Å². The fourth-order valence-corrected chi connectivity index (χ4v) is 3.15. The number of halogens is 1. The Morgan fingerprint density at radius 1 is 1.40 bits per heavy atom. The summed E-state index contributed by atoms with van der Waals surface area (Å²) in [6.07, 6.45) is 7.86. The van der Waals surface area contributed by atoms with Crippen LogP contribution in [0.15, 0.2) is 28.7 Å². The van der Waals surface area contributed by atoms with Crippen molar-refractivity contribution in [2.75, 3.05) is 11.4 Å². The molecule has 0 saturated carbocycles. The number of carbonyl (C=O) groups is 1. The topological polar surface area (TPSA) is 40.5 Å². The molecule has 0 aliphatic carbocycles. The number of anilines is 1. The van der Waals surface area contributed by atoms with Crippen molar-refractivity contribution in [3.8, 4) is 0 Å². The van der Waals surface area contributed by atoms with Crippen LogP contribution in [-0.4, -0.2) is 23.7 Å². The third-order valence-electron chi connectivity index (χ3n) is 3.77. The lowest BCUT2D eigenvalue weighted by molar-refractivity contribution is -0.131. The lowest BCUT2D eigenvalue weighted by atomic mass is 10.1. The molecule has 1 aromatic carbocycles. The molecule has 1 heterocycles. The van der Waals surface area contributed by atoms with Gasteiger partial charge in [0.05, 0.1) is 0 Å². The maximum Gasteiger partial charge on any atom is 0.328 e. The van der Waals surface area contributed by atoms with E-state index < -0.39 is 5.97 Å². The van der Waals surface area contributed by atoms with E-state index in [4.69, 9.17) is 5.11 Å². The maximum atomic E-state index is 10.6. The van der Waals surface area contributed by atoms with Gasteiger partial charge in [-0.1, -0.05) is 34.8 Å². The Morgan fingerprint density at radius 2 is 2.20 bits per heavy atom. The van der Waals surface area contributed by atoms with Crippen LogP contribution < -0.4 is 4.90 Å². The molecule has 1 atom stereocenters. The molecule has 1 aliphatic heterocycles. The molecule has 1 saturated heterocycles. The Hall–Kier alpha value is -1.29. The molecule has 1 aromatic rings. The monoisotopic (exact) mass is 337 g/mol. The zero-order chi connectivity index (χ0) is 14.5. The van der Waals surface area contributed by atoms with Gasteiger partial charge in [-0.2, -0.15) is 0 Å². The molecule has 0 radical (unpaired) electrons. The first-order valence-electron chi connectivity index (χ1n) is 7.05. The summed E-state index contributed by atoms with van der Waals surface area (Å²) >= 11 is 3.53. The zero-order valence-corrected chi connectivity index (χ0v) is 13.3. The van der Waals surface area contributed by atoms with Gasteiger partial charge in [0.1, 0.15) is 0 Å². The van der Waals surface area contributed by atoms with Crippen molar-refractivity contribution in [3.63, 3.8) is 0 Å². The fraction of sp³-hybridized carbons (Fsp3) is 0.438. The molecule has 4 heteroatoms. The van der Waals surface area contributed by atoms with Gasteiger partial charge in [-0.25, -0.2) is 4.79 Å². The minimum absolute atomic E-state index is 0.560. The van der Waals surface area contributed by atoms with E-state index >= 15 is 0 Å². The highest BCUT2D eigenvalue weighted by atomic mass is 79.9. The van der Waals surface area contributed by atoms with Crippen LogP contribution in [0.1, 0.15) is 38.2 Å². The molecule has 2 rings (SSSR count). The molecule has 108 valence electrons. The smallest absolute Gasteiger partial charge is 0.328 e. The SMILES string of the molecule is CC1CCCCCN1c1ccc(/C=C/C(=O)O)c(Br)c1. The summed E-state index contributed by atoms with van der Waals surface area (Å²) in [5.41, 5.74) is 2.09. The van der Waals surface area contributed by atoms with Gasteiger partial charge in [-0.05, 0) is 43.5 Å². The van der Waals surface area contributed by atoms with Crippen LogP contribution in [0.4, 0.5) is 5.69 Å².